The predicted molar refractivity (Wildman–Crippen MR) is 89.5 cm³/mol. The molecule has 1 rings (SSSR count). The van der Waals surface area contributed by atoms with Crippen molar-refractivity contribution < 1.29 is 9.53 Å². The largest absolute Gasteiger partial charge is 0.428 e. The van der Waals surface area contributed by atoms with Gasteiger partial charge in [0.05, 0.1) is 0 Å². The lowest BCUT2D eigenvalue weighted by Gasteiger charge is -2.23. The molecule has 0 amide bonds. The van der Waals surface area contributed by atoms with Gasteiger partial charge in [-0.2, -0.15) is 0 Å². The van der Waals surface area contributed by atoms with E-state index in [9.17, 15) is 4.79 Å². The van der Waals surface area contributed by atoms with Gasteiger partial charge >= 0.3 is 0 Å². The molecule has 0 aromatic heterocycles. The van der Waals surface area contributed by atoms with E-state index in [0.29, 0.717) is 30.0 Å². The molecular weight excluding hydrogens is 260 g/mol. The van der Waals surface area contributed by atoms with Crippen LogP contribution >= 0.6 is 0 Å². The van der Waals surface area contributed by atoms with Crippen molar-refractivity contribution >= 4 is 12.2 Å². The highest BCUT2D eigenvalue weighted by Gasteiger charge is 2.20. The fourth-order valence-electron chi connectivity index (χ4n) is 2.56. The van der Waals surface area contributed by atoms with E-state index in [1.54, 1.807) is 0 Å². The first-order valence-corrected chi connectivity index (χ1v) is 7.78. The van der Waals surface area contributed by atoms with Crippen molar-refractivity contribution in [1.29, 1.82) is 0 Å². The van der Waals surface area contributed by atoms with Crippen LogP contribution < -0.4 is 0 Å². The van der Waals surface area contributed by atoms with Crippen LogP contribution in [0.2, 0.25) is 0 Å². The third kappa shape index (κ3) is 3.96. The minimum atomic E-state index is 0.376. The van der Waals surface area contributed by atoms with Gasteiger partial charge in [-0.1, -0.05) is 53.7 Å². The Morgan fingerprint density at radius 3 is 1.71 bits per heavy atom. The molecule has 1 aromatic rings. The summed E-state index contributed by atoms with van der Waals surface area (Å²) < 4.78 is 5.24. The summed E-state index contributed by atoms with van der Waals surface area (Å²) in [5.41, 5.74) is 4.92. The molecule has 0 fully saturated rings. The van der Waals surface area contributed by atoms with Crippen molar-refractivity contribution in [2.45, 2.75) is 66.2 Å². The SMILES string of the molecule is CC=C(OC=O)c1c(C(C)C)cc(C(C)C)cc1C(C)C. The molecule has 0 aliphatic heterocycles. The van der Waals surface area contributed by atoms with Gasteiger partial charge in [-0.25, -0.2) is 0 Å². The Balaban J connectivity index is 3.68. The molecular formula is C19H28O2. The normalized spacial score (nSPS) is 12.4. The molecule has 1 aromatic carbocycles. The van der Waals surface area contributed by atoms with Gasteiger partial charge in [0.15, 0.2) is 0 Å². The molecule has 21 heavy (non-hydrogen) atoms. The zero-order valence-electron chi connectivity index (χ0n) is 14.4. The quantitative estimate of drug-likeness (QED) is 0.504. The second-order valence-corrected chi connectivity index (χ2v) is 6.41. The Morgan fingerprint density at radius 2 is 1.43 bits per heavy atom. The minimum absolute atomic E-state index is 0.376. The molecule has 0 spiro atoms. The van der Waals surface area contributed by atoms with Crippen LogP contribution in [0.5, 0.6) is 0 Å². The van der Waals surface area contributed by atoms with Crippen molar-refractivity contribution in [3.8, 4) is 0 Å². The summed E-state index contributed by atoms with van der Waals surface area (Å²) in [4.78, 5) is 10.8. The molecule has 0 aliphatic carbocycles. The minimum Gasteiger partial charge on any atom is -0.428 e. The Morgan fingerprint density at radius 1 is 0.952 bits per heavy atom. The zero-order valence-corrected chi connectivity index (χ0v) is 14.4. The van der Waals surface area contributed by atoms with E-state index in [2.05, 4.69) is 53.7 Å². The van der Waals surface area contributed by atoms with E-state index in [-0.39, 0.29) is 0 Å². The number of benzene rings is 1. The third-order valence-electron chi connectivity index (χ3n) is 3.82. The van der Waals surface area contributed by atoms with Crippen LogP contribution in [0.4, 0.5) is 0 Å². The first-order chi connectivity index (χ1) is 9.83. The van der Waals surface area contributed by atoms with Gasteiger partial charge in [-0.3, -0.25) is 4.79 Å². The van der Waals surface area contributed by atoms with Gasteiger partial charge in [0.25, 0.3) is 6.47 Å². The van der Waals surface area contributed by atoms with Gasteiger partial charge in [0.1, 0.15) is 5.76 Å². The molecule has 0 saturated heterocycles. The van der Waals surface area contributed by atoms with E-state index >= 15 is 0 Å². The summed E-state index contributed by atoms with van der Waals surface area (Å²) in [6, 6.07) is 4.52. The summed E-state index contributed by atoms with van der Waals surface area (Å²) in [5, 5.41) is 0. The molecule has 2 nitrogen and oxygen atoms in total. The van der Waals surface area contributed by atoms with Gasteiger partial charge in [0, 0.05) is 5.56 Å². The maximum absolute atomic E-state index is 10.8. The Hall–Kier alpha value is -1.57. The van der Waals surface area contributed by atoms with E-state index in [1.807, 2.05) is 13.0 Å². The van der Waals surface area contributed by atoms with E-state index < -0.39 is 0 Å². The van der Waals surface area contributed by atoms with Crippen LogP contribution in [0, 0.1) is 0 Å². The first-order valence-electron chi connectivity index (χ1n) is 7.78. The number of hydrogen-bond donors (Lipinski definition) is 0. The Bertz CT molecular complexity index is 493. The van der Waals surface area contributed by atoms with Crippen molar-refractivity contribution in [2.24, 2.45) is 0 Å². The lowest BCUT2D eigenvalue weighted by Crippen LogP contribution is -2.07. The van der Waals surface area contributed by atoms with Crippen LogP contribution in [0.1, 0.15) is 88.5 Å². The van der Waals surface area contributed by atoms with E-state index in [1.165, 1.54) is 16.7 Å². The predicted octanol–water partition coefficient (Wildman–Crippen LogP) is 5.59. The zero-order chi connectivity index (χ0) is 16.2. The molecule has 0 N–H and O–H groups in total. The fraction of sp³-hybridized carbons (Fsp3) is 0.526. The lowest BCUT2D eigenvalue weighted by molar-refractivity contribution is -0.122. The topological polar surface area (TPSA) is 26.3 Å². The summed E-state index contributed by atoms with van der Waals surface area (Å²) in [6.45, 7) is 15.6. The highest BCUT2D eigenvalue weighted by molar-refractivity contribution is 5.72. The maximum atomic E-state index is 10.8. The van der Waals surface area contributed by atoms with Crippen LogP contribution in [-0.4, -0.2) is 6.47 Å². The number of rotatable bonds is 6. The average molecular weight is 288 g/mol. The van der Waals surface area contributed by atoms with Crippen LogP contribution in [-0.2, 0) is 9.53 Å². The number of hydrogen-bond acceptors (Lipinski definition) is 2. The van der Waals surface area contributed by atoms with Gasteiger partial charge in [0.2, 0.25) is 0 Å². The van der Waals surface area contributed by atoms with Gasteiger partial charge < -0.3 is 4.74 Å². The van der Waals surface area contributed by atoms with E-state index in [4.69, 9.17) is 4.74 Å². The van der Waals surface area contributed by atoms with Crippen LogP contribution in [0.15, 0.2) is 18.2 Å². The van der Waals surface area contributed by atoms with Gasteiger partial charge in [-0.05, 0) is 47.4 Å². The Kier molecular flexibility index (Phi) is 6.19. The summed E-state index contributed by atoms with van der Waals surface area (Å²) in [6.07, 6.45) is 1.87. The second-order valence-electron chi connectivity index (χ2n) is 6.41. The number of carbonyl (C=O) groups excluding carboxylic acids is 1. The number of ether oxygens (including phenoxy) is 1. The summed E-state index contributed by atoms with van der Waals surface area (Å²) in [7, 11) is 0. The van der Waals surface area contributed by atoms with Crippen molar-refractivity contribution in [2.75, 3.05) is 0 Å². The molecule has 0 unspecified atom stereocenters. The van der Waals surface area contributed by atoms with Crippen molar-refractivity contribution in [3.63, 3.8) is 0 Å². The van der Waals surface area contributed by atoms with Crippen LogP contribution in [0.25, 0.3) is 5.76 Å². The molecule has 0 atom stereocenters. The first kappa shape index (κ1) is 17.5. The fourth-order valence-corrected chi connectivity index (χ4v) is 2.56. The summed E-state index contributed by atoms with van der Waals surface area (Å²) in [5.74, 6) is 1.89. The summed E-state index contributed by atoms with van der Waals surface area (Å²) >= 11 is 0. The second kappa shape index (κ2) is 7.44. The number of allylic oxidation sites excluding steroid dienone is 1. The van der Waals surface area contributed by atoms with Crippen molar-refractivity contribution in [3.05, 3.63) is 40.5 Å². The molecule has 0 saturated carbocycles. The Labute approximate surface area is 129 Å². The van der Waals surface area contributed by atoms with E-state index in [0.717, 1.165) is 5.56 Å². The molecule has 0 bridgehead atoms. The van der Waals surface area contributed by atoms with Crippen LogP contribution in [0.3, 0.4) is 0 Å². The third-order valence-corrected chi connectivity index (χ3v) is 3.82. The molecule has 116 valence electrons. The average Bonchev–Trinajstić information content (AvgIpc) is 2.43. The lowest BCUT2D eigenvalue weighted by atomic mass is 9.83. The highest BCUT2D eigenvalue weighted by atomic mass is 16.5. The molecule has 0 aliphatic rings. The monoisotopic (exact) mass is 288 g/mol. The van der Waals surface area contributed by atoms with Gasteiger partial charge in [-0.15, -0.1) is 0 Å². The highest BCUT2D eigenvalue weighted by Crippen LogP contribution is 2.36. The maximum Gasteiger partial charge on any atom is 0.298 e. The number of carbonyl (C=O) groups is 1. The standard InChI is InChI=1S/C19H28O2/c1-8-18(21-11-20)19-16(13(4)5)9-15(12(2)3)10-17(19)14(6)7/h8-14H,1-7H3. The molecule has 0 heterocycles. The molecule has 0 radical (unpaired) electrons. The molecule has 2 heteroatoms. The smallest absolute Gasteiger partial charge is 0.298 e. The van der Waals surface area contributed by atoms with Crippen molar-refractivity contribution in [1.82, 2.24) is 0 Å².